The second-order valence-corrected chi connectivity index (χ2v) is 8.59. The molecule has 1 aliphatic rings. The Labute approximate surface area is 150 Å². The number of para-hydroxylation sites is 1. The molecule has 1 fully saturated rings. The first kappa shape index (κ1) is 19.7. The van der Waals surface area contributed by atoms with Crippen molar-refractivity contribution in [2.45, 2.75) is 25.9 Å². The van der Waals surface area contributed by atoms with Crippen molar-refractivity contribution >= 4 is 16.1 Å². The first-order valence-corrected chi connectivity index (χ1v) is 9.87. The van der Waals surface area contributed by atoms with Gasteiger partial charge < -0.3 is 10.1 Å². The number of hydrogen-bond donors (Lipinski definition) is 1. The molecule has 1 saturated heterocycles. The van der Waals surface area contributed by atoms with Crippen molar-refractivity contribution in [3.63, 3.8) is 0 Å². The Morgan fingerprint density at radius 2 is 1.88 bits per heavy atom. The number of nitrogens with zero attached hydrogens (tertiary/aromatic N) is 2. The van der Waals surface area contributed by atoms with E-state index in [9.17, 15) is 13.2 Å². The standard InChI is InChI=1S/C17H27N3O4S/c1-14(24-16-7-5-4-6-8-16)17(21)18-13-15-9-11-20(12-10-15)25(22,23)19(2)3/h4-8,14-15H,9-13H2,1-3H3,(H,18,21). The quantitative estimate of drug-likeness (QED) is 0.780. The lowest BCUT2D eigenvalue weighted by Crippen LogP contribution is -2.46. The number of piperidine rings is 1. The van der Waals surface area contributed by atoms with E-state index in [1.807, 2.05) is 30.3 Å². The van der Waals surface area contributed by atoms with Gasteiger partial charge in [0.05, 0.1) is 0 Å². The average molecular weight is 369 g/mol. The van der Waals surface area contributed by atoms with Crippen LogP contribution in [-0.4, -0.2) is 62.8 Å². The Morgan fingerprint density at radius 3 is 2.44 bits per heavy atom. The maximum atomic E-state index is 12.2. The fourth-order valence-electron chi connectivity index (χ4n) is 2.72. The minimum atomic E-state index is -3.34. The molecule has 1 unspecified atom stereocenters. The molecule has 0 aromatic heterocycles. The van der Waals surface area contributed by atoms with Gasteiger partial charge in [-0.25, -0.2) is 0 Å². The summed E-state index contributed by atoms with van der Waals surface area (Å²) in [6.45, 7) is 3.22. The van der Waals surface area contributed by atoms with Gasteiger partial charge in [-0.2, -0.15) is 17.0 Å². The van der Waals surface area contributed by atoms with E-state index in [0.717, 1.165) is 12.8 Å². The van der Waals surface area contributed by atoms with Crippen LogP contribution in [0.25, 0.3) is 0 Å². The summed E-state index contributed by atoms with van der Waals surface area (Å²) in [6, 6.07) is 9.22. The molecule has 1 amide bonds. The van der Waals surface area contributed by atoms with Crippen molar-refractivity contribution in [3.8, 4) is 5.75 Å². The summed E-state index contributed by atoms with van der Waals surface area (Å²) in [5.74, 6) is 0.779. The molecule has 1 aromatic carbocycles. The second kappa shape index (κ2) is 8.64. The topological polar surface area (TPSA) is 79.0 Å². The molecule has 8 heteroatoms. The van der Waals surface area contributed by atoms with E-state index in [4.69, 9.17) is 4.74 Å². The Kier molecular flexibility index (Phi) is 6.80. The molecule has 140 valence electrons. The van der Waals surface area contributed by atoms with Gasteiger partial charge in [-0.05, 0) is 37.8 Å². The highest BCUT2D eigenvalue weighted by Gasteiger charge is 2.29. The van der Waals surface area contributed by atoms with Crippen LogP contribution in [0.5, 0.6) is 5.75 Å². The predicted molar refractivity (Wildman–Crippen MR) is 96.4 cm³/mol. The smallest absolute Gasteiger partial charge is 0.281 e. The first-order chi connectivity index (χ1) is 11.8. The molecule has 0 aliphatic carbocycles. The Hall–Kier alpha value is -1.64. The van der Waals surface area contributed by atoms with Gasteiger partial charge in [0.2, 0.25) is 0 Å². The van der Waals surface area contributed by atoms with Crippen LogP contribution in [0.4, 0.5) is 0 Å². The van der Waals surface area contributed by atoms with E-state index < -0.39 is 16.3 Å². The minimum Gasteiger partial charge on any atom is -0.481 e. The van der Waals surface area contributed by atoms with Gasteiger partial charge >= 0.3 is 0 Å². The second-order valence-electron chi connectivity index (χ2n) is 6.45. The van der Waals surface area contributed by atoms with E-state index >= 15 is 0 Å². The van der Waals surface area contributed by atoms with Crippen molar-refractivity contribution < 1.29 is 17.9 Å². The van der Waals surface area contributed by atoms with E-state index in [1.165, 1.54) is 22.7 Å². The van der Waals surface area contributed by atoms with Gasteiger partial charge in [-0.3, -0.25) is 4.79 Å². The van der Waals surface area contributed by atoms with Crippen molar-refractivity contribution in [3.05, 3.63) is 30.3 Å². The number of carbonyl (C=O) groups is 1. The normalized spacial score (nSPS) is 18.1. The number of carbonyl (C=O) groups excluding carboxylic acids is 1. The molecular weight excluding hydrogens is 342 g/mol. The SMILES string of the molecule is CC(Oc1ccccc1)C(=O)NCC1CCN(S(=O)(=O)N(C)C)CC1. The lowest BCUT2D eigenvalue weighted by Gasteiger charge is -2.32. The van der Waals surface area contributed by atoms with Gasteiger partial charge in [-0.1, -0.05) is 18.2 Å². The van der Waals surface area contributed by atoms with Crippen molar-refractivity contribution in [2.75, 3.05) is 33.7 Å². The summed E-state index contributed by atoms with van der Waals surface area (Å²) in [5, 5.41) is 2.91. The van der Waals surface area contributed by atoms with E-state index in [0.29, 0.717) is 25.4 Å². The summed E-state index contributed by atoms with van der Waals surface area (Å²) < 4.78 is 32.5. The predicted octanol–water partition coefficient (Wildman–Crippen LogP) is 1.09. The highest BCUT2D eigenvalue weighted by Crippen LogP contribution is 2.20. The average Bonchev–Trinajstić information content (AvgIpc) is 2.60. The molecule has 0 bridgehead atoms. The Morgan fingerprint density at radius 1 is 1.28 bits per heavy atom. The fourth-order valence-corrected chi connectivity index (χ4v) is 3.85. The number of nitrogens with one attached hydrogen (secondary N) is 1. The zero-order chi connectivity index (χ0) is 18.4. The maximum Gasteiger partial charge on any atom is 0.281 e. The van der Waals surface area contributed by atoms with Crippen LogP contribution in [-0.2, 0) is 15.0 Å². The molecule has 25 heavy (non-hydrogen) atoms. The molecule has 1 aromatic rings. The molecule has 7 nitrogen and oxygen atoms in total. The molecule has 1 aliphatic heterocycles. The lowest BCUT2D eigenvalue weighted by atomic mass is 9.98. The van der Waals surface area contributed by atoms with E-state index in [-0.39, 0.29) is 11.8 Å². The summed E-state index contributed by atoms with van der Waals surface area (Å²) in [7, 11) is -0.268. The fraction of sp³-hybridized carbons (Fsp3) is 0.588. The summed E-state index contributed by atoms with van der Waals surface area (Å²) in [5.41, 5.74) is 0. The summed E-state index contributed by atoms with van der Waals surface area (Å²) >= 11 is 0. The number of amides is 1. The molecule has 0 radical (unpaired) electrons. The largest absolute Gasteiger partial charge is 0.481 e. The maximum absolute atomic E-state index is 12.2. The van der Waals surface area contributed by atoms with Gasteiger partial charge in [0.25, 0.3) is 16.1 Å². The van der Waals surface area contributed by atoms with Crippen LogP contribution in [0.2, 0.25) is 0 Å². The van der Waals surface area contributed by atoms with Crippen LogP contribution in [0.3, 0.4) is 0 Å². The van der Waals surface area contributed by atoms with Gasteiger partial charge in [-0.15, -0.1) is 0 Å². The van der Waals surface area contributed by atoms with Gasteiger partial charge in [0.15, 0.2) is 6.10 Å². The van der Waals surface area contributed by atoms with Crippen LogP contribution in [0, 0.1) is 5.92 Å². The number of ether oxygens (including phenoxy) is 1. The van der Waals surface area contributed by atoms with Crippen molar-refractivity contribution in [2.24, 2.45) is 5.92 Å². The Bertz CT molecular complexity index is 656. The minimum absolute atomic E-state index is 0.160. The van der Waals surface area contributed by atoms with Crippen molar-refractivity contribution in [1.29, 1.82) is 0 Å². The summed E-state index contributed by atoms with van der Waals surface area (Å²) in [6.07, 6.45) is 0.902. The third kappa shape index (κ3) is 5.42. The van der Waals surface area contributed by atoms with E-state index in [1.54, 1.807) is 6.92 Å². The molecule has 0 spiro atoms. The number of hydrogen-bond acceptors (Lipinski definition) is 4. The molecule has 1 atom stereocenters. The van der Waals surface area contributed by atoms with Crippen LogP contribution in [0.1, 0.15) is 19.8 Å². The third-order valence-corrected chi connectivity index (χ3v) is 6.29. The van der Waals surface area contributed by atoms with Gasteiger partial charge in [0.1, 0.15) is 5.75 Å². The van der Waals surface area contributed by atoms with Gasteiger partial charge in [0, 0.05) is 33.7 Å². The van der Waals surface area contributed by atoms with Crippen LogP contribution in [0.15, 0.2) is 30.3 Å². The zero-order valence-corrected chi connectivity index (χ0v) is 15.8. The molecule has 2 rings (SSSR count). The van der Waals surface area contributed by atoms with Crippen LogP contribution >= 0.6 is 0 Å². The summed E-state index contributed by atoms with van der Waals surface area (Å²) in [4.78, 5) is 12.2. The first-order valence-electron chi connectivity index (χ1n) is 8.47. The number of rotatable bonds is 7. The van der Waals surface area contributed by atoms with E-state index in [2.05, 4.69) is 5.32 Å². The van der Waals surface area contributed by atoms with Crippen molar-refractivity contribution in [1.82, 2.24) is 13.9 Å². The highest BCUT2D eigenvalue weighted by atomic mass is 32.2. The number of benzene rings is 1. The zero-order valence-electron chi connectivity index (χ0n) is 15.0. The Balaban J connectivity index is 1.74. The molecule has 0 saturated carbocycles. The highest BCUT2D eigenvalue weighted by molar-refractivity contribution is 7.86. The molecular formula is C17H27N3O4S. The molecule has 1 heterocycles. The third-order valence-electron chi connectivity index (χ3n) is 4.35. The van der Waals surface area contributed by atoms with Crippen LogP contribution < -0.4 is 10.1 Å². The lowest BCUT2D eigenvalue weighted by molar-refractivity contribution is -0.127. The monoisotopic (exact) mass is 369 g/mol. The molecule has 1 N–H and O–H groups in total.